The molecule has 16 heavy (non-hydrogen) atoms. The first-order chi connectivity index (χ1) is 7.57. The van der Waals surface area contributed by atoms with Crippen LogP contribution in [0.1, 0.15) is 45.4 Å². The lowest BCUT2D eigenvalue weighted by Crippen LogP contribution is -2.51. The second kappa shape index (κ2) is 6.21. The molecule has 0 aromatic rings. The summed E-state index contributed by atoms with van der Waals surface area (Å²) in [4.78, 5) is 13.6. The van der Waals surface area contributed by atoms with E-state index < -0.39 is 6.04 Å². The molecular weight excluding hydrogens is 204 g/mol. The van der Waals surface area contributed by atoms with Crippen LogP contribution in [0.15, 0.2) is 0 Å². The fourth-order valence-corrected chi connectivity index (χ4v) is 2.40. The minimum Gasteiger partial charge on any atom is -0.391 e. The summed E-state index contributed by atoms with van der Waals surface area (Å²) in [5.74, 6) is -0.0344. The van der Waals surface area contributed by atoms with Gasteiger partial charge in [0.05, 0.1) is 18.2 Å². The Labute approximate surface area is 97.8 Å². The first kappa shape index (κ1) is 13.5. The average molecular weight is 228 g/mol. The van der Waals surface area contributed by atoms with Crippen molar-refractivity contribution in [1.29, 1.82) is 0 Å². The zero-order chi connectivity index (χ0) is 12.1. The Bertz CT molecular complexity index is 233. The van der Waals surface area contributed by atoms with Crippen molar-refractivity contribution >= 4 is 5.91 Å². The highest BCUT2D eigenvalue weighted by atomic mass is 16.3. The summed E-state index contributed by atoms with van der Waals surface area (Å²) >= 11 is 0. The SMILES string of the molecule is CCC[C@@H](N)C(=O)N(C)C1CCCCC1O. The molecule has 0 aliphatic heterocycles. The smallest absolute Gasteiger partial charge is 0.239 e. The van der Waals surface area contributed by atoms with Gasteiger partial charge >= 0.3 is 0 Å². The highest BCUT2D eigenvalue weighted by Crippen LogP contribution is 2.22. The number of carbonyl (C=O) groups excluding carboxylic acids is 1. The molecule has 0 bridgehead atoms. The fraction of sp³-hybridized carbons (Fsp3) is 0.917. The molecule has 0 aromatic heterocycles. The van der Waals surface area contributed by atoms with Crippen LogP contribution in [0.2, 0.25) is 0 Å². The van der Waals surface area contributed by atoms with E-state index in [2.05, 4.69) is 0 Å². The van der Waals surface area contributed by atoms with Crippen LogP contribution in [0.4, 0.5) is 0 Å². The number of likely N-dealkylation sites (N-methyl/N-ethyl adjacent to an activating group) is 1. The normalized spacial score (nSPS) is 27.5. The molecule has 94 valence electrons. The van der Waals surface area contributed by atoms with E-state index in [0.29, 0.717) is 6.42 Å². The molecule has 3 atom stereocenters. The Morgan fingerprint density at radius 2 is 2.12 bits per heavy atom. The summed E-state index contributed by atoms with van der Waals surface area (Å²) in [6, 6.07) is -0.451. The Hall–Kier alpha value is -0.610. The van der Waals surface area contributed by atoms with Gasteiger partial charge in [0.2, 0.25) is 5.91 Å². The number of hydrogen-bond donors (Lipinski definition) is 2. The first-order valence-corrected chi connectivity index (χ1v) is 6.28. The van der Waals surface area contributed by atoms with Crippen molar-refractivity contribution in [3.05, 3.63) is 0 Å². The van der Waals surface area contributed by atoms with Gasteiger partial charge in [0.25, 0.3) is 0 Å². The van der Waals surface area contributed by atoms with Gasteiger partial charge in [-0.2, -0.15) is 0 Å². The molecule has 0 aromatic carbocycles. The van der Waals surface area contributed by atoms with Crippen molar-refractivity contribution in [1.82, 2.24) is 4.90 Å². The predicted octanol–water partition coefficient (Wildman–Crippen LogP) is 0.876. The topological polar surface area (TPSA) is 66.6 Å². The molecule has 1 fully saturated rings. The summed E-state index contributed by atoms with van der Waals surface area (Å²) < 4.78 is 0. The molecule has 0 saturated heterocycles. The molecule has 1 rings (SSSR count). The number of carbonyl (C=O) groups is 1. The van der Waals surface area contributed by atoms with E-state index in [0.717, 1.165) is 32.1 Å². The zero-order valence-corrected chi connectivity index (χ0v) is 10.4. The third kappa shape index (κ3) is 3.19. The molecular formula is C12H24N2O2. The Kier molecular flexibility index (Phi) is 5.22. The van der Waals surface area contributed by atoms with E-state index in [9.17, 15) is 9.90 Å². The van der Waals surface area contributed by atoms with E-state index in [1.807, 2.05) is 6.92 Å². The molecule has 4 nitrogen and oxygen atoms in total. The zero-order valence-electron chi connectivity index (χ0n) is 10.4. The molecule has 1 saturated carbocycles. The van der Waals surface area contributed by atoms with Crippen LogP contribution in [-0.4, -0.2) is 41.1 Å². The van der Waals surface area contributed by atoms with Gasteiger partial charge in [0.1, 0.15) is 0 Å². The molecule has 0 spiro atoms. The van der Waals surface area contributed by atoms with E-state index in [4.69, 9.17) is 5.73 Å². The summed E-state index contributed by atoms with van der Waals surface area (Å²) in [5, 5.41) is 9.87. The average Bonchev–Trinajstić information content (AvgIpc) is 2.28. The highest BCUT2D eigenvalue weighted by Gasteiger charge is 2.31. The van der Waals surface area contributed by atoms with Crippen LogP contribution in [-0.2, 0) is 4.79 Å². The van der Waals surface area contributed by atoms with Gasteiger partial charge in [-0.25, -0.2) is 0 Å². The van der Waals surface area contributed by atoms with Crippen molar-refractivity contribution in [2.24, 2.45) is 5.73 Å². The van der Waals surface area contributed by atoms with E-state index in [1.54, 1.807) is 11.9 Å². The summed E-state index contributed by atoms with van der Waals surface area (Å²) in [6.45, 7) is 2.02. The van der Waals surface area contributed by atoms with Gasteiger partial charge in [-0.05, 0) is 19.3 Å². The van der Waals surface area contributed by atoms with Gasteiger partial charge in [-0.15, -0.1) is 0 Å². The van der Waals surface area contributed by atoms with Crippen LogP contribution >= 0.6 is 0 Å². The van der Waals surface area contributed by atoms with Crippen LogP contribution in [0.25, 0.3) is 0 Å². The van der Waals surface area contributed by atoms with Crippen molar-refractivity contribution in [3.8, 4) is 0 Å². The maximum Gasteiger partial charge on any atom is 0.239 e. The molecule has 0 radical (unpaired) electrons. The van der Waals surface area contributed by atoms with Crippen molar-refractivity contribution in [2.45, 2.75) is 63.6 Å². The van der Waals surface area contributed by atoms with Gasteiger partial charge in [0, 0.05) is 7.05 Å². The van der Waals surface area contributed by atoms with Gasteiger partial charge in [0.15, 0.2) is 0 Å². The number of nitrogens with two attached hydrogens (primary N) is 1. The fourth-order valence-electron chi connectivity index (χ4n) is 2.40. The third-order valence-electron chi connectivity index (χ3n) is 3.46. The summed E-state index contributed by atoms with van der Waals surface area (Å²) in [7, 11) is 1.76. The minimum atomic E-state index is -0.413. The second-order valence-corrected chi connectivity index (χ2v) is 4.76. The van der Waals surface area contributed by atoms with Crippen molar-refractivity contribution in [2.75, 3.05) is 7.05 Å². The summed E-state index contributed by atoms with van der Waals surface area (Å²) in [5.41, 5.74) is 5.81. The second-order valence-electron chi connectivity index (χ2n) is 4.76. The molecule has 1 aliphatic carbocycles. The number of nitrogens with zero attached hydrogens (tertiary/aromatic N) is 1. The van der Waals surface area contributed by atoms with Crippen LogP contribution in [0.3, 0.4) is 0 Å². The van der Waals surface area contributed by atoms with Crippen LogP contribution < -0.4 is 5.73 Å². The highest BCUT2D eigenvalue weighted by molar-refractivity contribution is 5.81. The number of hydrogen-bond acceptors (Lipinski definition) is 3. The number of amides is 1. The van der Waals surface area contributed by atoms with Crippen molar-refractivity contribution in [3.63, 3.8) is 0 Å². The van der Waals surface area contributed by atoms with Crippen LogP contribution in [0.5, 0.6) is 0 Å². The lowest BCUT2D eigenvalue weighted by Gasteiger charge is -2.36. The Morgan fingerprint density at radius 3 is 2.69 bits per heavy atom. The number of rotatable bonds is 4. The van der Waals surface area contributed by atoms with E-state index >= 15 is 0 Å². The monoisotopic (exact) mass is 228 g/mol. The summed E-state index contributed by atoms with van der Waals surface area (Å²) in [6.07, 6.45) is 5.08. The standard InChI is InChI=1S/C12H24N2O2/c1-3-6-9(13)12(16)14(2)10-7-4-5-8-11(10)15/h9-11,15H,3-8,13H2,1-2H3/t9-,10?,11?/m1/s1. The Morgan fingerprint density at radius 1 is 1.50 bits per heavy atom. The molecule has 2 unspecified atom stereocenters. The molecule has 1 aliphatic rings. The Balaban J connectivity index is 2.54. The first-order valence-electron chi connectivity index (χ1n) is 6.28. The lowest BCUT2D eigenvalue weighted by molar-refractivity contribution is -0.136. The van der Waals surface area contributed by atoms with Gasteiger partial charge in [-0.3, -0.25) is 4.79 Å². The molecule has 0 heterocycles. The quantitative estimate of drug-likeness (QED) is 0.750. The van der Waals surface area contributed by atoms with Crippen molar-refractivity contribution < 1.29 is 9.90 Å². The maximum absolute atomic E-state index is 12.0. The van der Waals surface area contributed by atoms with Crippen LogP contribution in [0, 0.1) is 0 Å². The molecule has 1 amide bonds. The largest absolute Gasteiger partial charge is 0.391 e. The third-order valence-corrected chi connectivity index (χ3v) is 3.46. The lowest BCUT2D eigenvalue weighted by atomic mass is 9.91. The maximum atomic E-state index is 12.0. The van der Waals surface area contributed by atoms with Gasteiger partial charge in [-0.1, -0.05) is 26.2 Å². The number of aliphatic hydroxyl groups is 1. The predicted molar refractivity (Wildman–Crippen MR) is 63.9 cm³/mol. The molecule has 3 N–H and O–H groups in total. The number of aliphatic hydroxyl groups excluding tert-OH is 1. The minimum absolute atomic E-state index is 0.0344. The van der Waals surface area contributed by atoms with E-state index in [-0.39, 0.29) is 18.1 Å². The van der Waals surface area contributed by atoms with E-state index in [1.165, 1.54) is 0 Å². The molecule has 4 heteroatoms. The van der Waals surface area contributed by atoms with Gasteiger partial charge < -0.3 is 15.7 Å².